The third-order valence-corrected chi connectivity index (χ3v) is 7.03. The minimum atomic E-state index is -1.01. The first-order valence-corrected chi connectivity index (χ1v) is 12.9. The average molecular weight is 537 g/mol. The van der Waals surface area contributed by atoms with Crippen LogP contribution in [0.25, 0.3) is 5.76 Å². The van der Waals surface area contributed by atoms with Crippen LogP contribution in [-0.4, -0.2) is 48.1 Å². The number of rotatable bonds is 9. The van der Waals surface area contributed by atoms with Gasteiger partial charge >= 0.3 is 11.9 Å². The second-order valence-electron chi connectivity index (χ2n) is 8.45. The van der Waals surface area contributed by atoms with E-state index in [1.165, 1.54) is 12.0 Å². The quantitative estimate of drug-likeness (QED) is 0.175. The second kappa shape index (κ2) is 11.5. The molecule has 1 saturated heterocycles. The number of carbonyl (C=O) groups is 3. The Labute approximate surface area is 224 Å². The molecule has 0 radical (unpaired) electrons. The Balaban J connectivity index is 1.87. The highest BCUT2D eigenvalue weighted by Gasteiger charge is 2.48. The van der Waals surface area contributed by atoms with Crippen LogP contribution in [0, 0.1) is 6.92 Å². The van der Waals surface area contributed by atoms with E-state index in [1.807, 2.05) is 13.8 Å². The third-order valence-electron chi connectivity index (χ3n) is 5.89. The Bertz CT molecular complexity index is 1390. The molecule has 0 spiro atoms. The zero-order chi connectivity index (χ0) is 27.4. The van der Waals surface area contributed by atoms with Gasteiger partial charge < -0.3 is 19.3 Å². The number of methoxy groups -OCH3 is 1. The number of thiazole rings is 1. The number of benzene rings is 2. The summed E-state index contributed by atoms with van der Waals surface area (Å²) in [5, 5.41) is 11.5. The molecule has 1 aromatic heterocycles. The van der Waals surface area contributed by atoms with E-state index >= 15 is 0 Å². The molecule has 0 bridgehead atoms. The van der Waals surface area contributed by atoms with Crippen molar-refractivity contribution >= 4 is 39.9 Å². The SMILES string of the molecule is CCCOc1ccc(/C(O)=C2\C(=O)C(=O)N(c3nc(C)c(C(=O)OC)s3)C2c2cccc(OCC)c2)cc1. The summed E-state index contributed by atoms with van der Waals surface area (Å²) < 4.78 is 16.1. The van der Waals surface area contributed by atoms with Crippen LogP contribution >= 0.6 is 11.3 Å². The number of aromatic nitrogens is 1. The van der Waals surface area contributed by atoms with Crippen LogP contribution < -0.4 is 14.4 Å². The smallest absolute Gasteiger partial charge is 0.350 e. The Morgan fingerprint density at radius 1 is 1.08 bits per heavy atom. The summed E-state index contributed by atoms with van der Waals surface area (Å²) >= 11 is 0.942. The van der Waals surface area contributed by atoms with Crippen LogP contribution in [-0.2, 0) is 14.3 Å². The predicted molar refractivity (Wildman–Crippen MR) is 143 cm³/mol. The molecule has 1 aliphatic heterocycles. The van der Waals surface area contributed by atoms with E-state index in [0.29, 0.717) is 41.5 Å². The first kappa shape index (κ1) is 26.9. The lowest BCUT2D eigenvalue weighted by Crippen LogP contribution is -2.29. The van der Waals surface area contributed by atoms with Crippen molar-refractivity contribution in [1.82, 2.24) is 4.98 Å². The maximum atomic E-state index is 13.4. The van der Waals surface area contributed by atoms with Gasteiger partial charge in [-0.3, -0.25) is 14.5 Å². The number of hydrogen-bond acceptors (Lipinski definition) is 9. The Hall–Kier alpha value is -4.18. The molecule has 2 heterocycles. The molecule has 9 nitrogen and oxygen atoms in total. The van der Waals surface area contributed by atoms with Crippen molar-refractivity contribution in [2.45, 2.75) is 33.2 Å². The normalized spacial score (nSPS) is 16.5. The average Bonchev–Trinajstić information content (AvgIpc) is 3.43. The highest BCUT2D eigenvalue weighted by atomic mass is 32.1. The molecule has 0 aliphatic carbocycles. The summed E-state index contributed by atoms with van der Waals surface area (Å²) in [5.74, 6) is -1.50. The topological polar surface area (TPSA) is 115 Å². The van der Waals surface area contributed by atoms with Gasteiger partial charge in [-0.1, -0.05) is 30.4 Å². The largest absolute Gasteiger partial charge is 0.507 e. The van der Waals surface area contributed by atoms with Crippen LogP contribution in [0.15, 0.2) is 54.1 Å². The van der Waals surface area contributed by atoms with Gasteiger partial charge in [-0.15, -0.1) is 0 Å². The van der Waals surface area contributed by atoms with E-state index in [4.69, 9.17) is 14.2 Å². The van der Waals surface area contributed by atoms with E-state index in [2.05, 4.69) is 4.98 Å². The van der Waals surface area contributed by atoms with E-state index < -0.39 is 23.7 Å². The summed E-state index contributed by atoms with van der Waals surface area (Å²) in [5.41, 5.74) is 1.15. The van der Waals surface area contributed by atoms with Crippen molar-refractivity contribution in [1.29, 1.82) is 0 Å². The van der Waals surface area contributed by atoms with Crippen LogP contribution in [0.4, 0.5) is 5.13 Å². The highest BCUT2D eigenvalue weighted by molar-refractivity contribution is 7.17. The first-order valence-electron chi connectivity index (χ1n) is 12.1. The number of aliphatic hydroxyl groups is 1. The van der Waals surface area contributed by atoms with Crippen molar-refractivity contribution in [2.75, 3.05) is 25.2 Å². The number of Topliss-reactive ketones (excluding diaryl/α,β-unsaturated/α-hetero) is 1. The van der Waals surface area contributed by atoms with Crippen molar-refractivity contribution < 1.29 is 33.7 Å². The number of ether oxygens (including phenoxy) is 3. The van der Waals surface area contributed by atoms with E-state index in [-0.39, 0.29) is 21.3 Å². The summed E-state index contributed by atoms with van der Waals surface area (Å²) in [6, 6.07) is 12.6. The minimum Gasteiger partial charge on any atom is -0.507 e. The van der Waals surface area contributed by atoms with E-state index in [0.717, 1.165) is 17.8 Å². The number of nitrogens with zero attached hydrogens (tertiary/aromatic N) is 2. The third kappa shape index (κ3) is 5.12. The van der Waals surface area contributed by atoms with Crippen molar-refractivity contribution in [3.05, 3.63) is 75.8 Å². The summed E-state index contributed by atoms with van der Waals surface area (Å²) in [4.78, 5) is 44.9. The molecule has 1 fully saturated rings. The zero-order valence-electron chi connectivity index (χ0n) is 21.5. The standard InChI is InChI=1S/C28H28N2O7S/c1-5-14-37-19-12-10-17(11-13-19)23(31)21-22(18-8-7-9-20(15-18)36-6-2)30(26(33)24(21)32)28-29-16(3)25(38-28)27(34)35-4/h7-13,15,22,31H,5-6,14H2,1-4H3/b23-21+. The molecule has 1 atom stereocenters. The molecule has 3 aromatic rings. The number of amides is 1. The summed E-state index contributed by atoms with van der Waals surface area (Å²) in [7, 11) is 1.26. The summed E-state index contributed by atoms with van der Waals surface area (Å²) in [6.45, 7) is 6.44. The molecule has 2 aromatic carbocycles. The predicted octanol–water partition coefficient (Wildman–Crippen LogP) is 5.05. The zero-order valence-corrected chi connectivity index (χ0v) is 22.3. The van der Waals surface area contributed by atoms with Crippen LogP contribution in [0.1, 0.15) is 52.8 Å². The number of esters is 1. The maximum absolute atomic E-state index is 13.4. The van der Waals surface area contributed by atoms with E-state index in [9.17, 15) is 19.5 Å². The molecule has 1 amide bonds. The summed E-state index contributed by atoms with van der Waals surface area (Å²) in [6.07, 6.45) is 0.847. The molecular formula is C28H28N2O7S. The van der Waals surface area contributed by atoms with Crippen molar-refractivity contribution in [2.24, 2.45) is 0 Å². The fraction of sp³-hybridized carbons (Fsp3) is 0.286. The van der Waals surface area contributed by atoms with Crippen LogP contribution in [0.3, 0.4) is 0 Å². The van der Waals surface area contributed by atoms with Gasteiger partial charge in [0.05, 0.1) is 37.6 Å². The molecule has 0 saturated carbocycles. The van der Waals surface area contributed by atoms with Crippen LogP contribution in [0.5, 0.6) is 11.5 Å². The fourth-order valence-corrected chi connectivity index (χ4v) is 5.15. The molecular weight excluding hydrogens is 508 g/mol. The lowest BCUT2D eigenvalue weighted by atomic mass is 9.95. The van der Waals surface area contributed by atoms with Crippen LogP contribution in [0.2, 0.25) is 0 Å². The molecule has 1 aliphatic rings. The van der Waals surface area contributed by atoms with Gasteiger partial charge in [-0.25, -0.2) is 9.78 Å². The fourth-order valence-electron chi connectivity index (χ4n) is 4.14. The number of hydrogen-bond donors (Lipinski definition) is 1. The lowest BCUT2D eigenvalue weighted by molar-refractivity contribution is -0.132. The molecule has 198 valence electrons. The molecule has 4 rings (SSSR count). The second-order valence-corrected chi connectivity index (χ2v) is 9.43. The highest BCUT2D eigenvalue weighted by Crippen LogP contribution is 2.44. The van der Waals surface area contributed by atoms with Gasteiger partial charge in [-0.2, -0.15) is 0 Å². The number of carbonyl (C=O) groups excluding carboxylic acids is 3. The minimum absolute atomic E-state index is 0.0988. The molecule has 10 heteroatoms. The molecule has 1 N–H and O–H groups in total. The van der Waals surface area contributed by atoms with Gasteiger partial charge in [0.25, 0.3) is 5.78 Å². The number of ketones is 1. The van der Waals surface area contributed by atoms with Gasteiger partial charge in [-0.05, 0) is 62.2 Å². The van der Waals surface area contributed by atoms with Gasteiger partial charge in [0.15, 0.2) is 5.13 Å². The van der Waals surface area contributed by atoms with E-state index in [1.54, 1.807) is 55.5 Å². The van der Waals surface area contributed by atoms with Crippen molar-refractivity contribution in [3.63, 3.8) is 0 Å². The van der Waals surface area contributed by atoms with Crippen molar-refractivity contribution in [3.8, 4) is 11.5 Å². The number of aryl methyl sites for hydroxylation is 1. The molecule has 38 heavy (non-hydrogen) atoms. The maximum Gasteiger partial charge on any atom is 0.350 e. The number of aliphatic hydroxyl groups excluding tert-OH is 1. The first-order chi connectivity index (χ1) is 18.3. The van der Waals surface area contributed by atoms with Gasteiger partial charge in [0, 0.05) is 5.56 Å². The monoisotopic (exact) mass is 536 g/mol. The number of anilines is 1. The Morgan fingerprint density at radius 2 is 1.82 bits per heavy atom. The lowest BCUT2D eigenvalue weighted by Gasteiger charge is -2.23. The van der Waals surface area contributed by atoms with Gasteiger partial charge in [0.2, 0.25) is 0 Å². The Kier molecular flexibility index (Phi) is 8.11. The van der Waals surface area contributed by atoms with Gasteiger partial charge in [0.1, 0.15) is 22.1 Å². The Morgan fingerprint density at radius 3 is 2.47 bits per heavy atom. The molecule has 1 unspecified atom stereocenters.